The van der Waals surface area contributed by atoms with E-state index in [1.54, 1.807) is 6.92 Å². The highest BCUT2D eigenvalue weighted by Gasteiger charge is 2.65. The molecule has 4 heteroatoms. The zero-order valence-electron chi connectivity index (χ0n) is 17.2. The predicted octanol–water partition coefficient (Wildman–Crippen LogP) is 2.05. The molecule has 4 fully saturated rings. The maximum Gasteiger partial charge on any atom is 0.167 e. The molecule has 124 valence electrons. The molecule has 0 spiro atoms. The summed E-state index contributed by atoms with van der Waals surface area (Å²) in [5, 5.41) is 10.4. The Kier molecular flexibility index (Phi) is 2.03. The molecule has 3 saturated carbocycles. The summed E-state index contributed by atoms with van der Waals surface area (Å²) in [4.78, 5) is 24.9. The second-order valence-corrected chi connectivity index (χ2v) is 8.10. The normalized spacial score (nSPS) is 65.5. The lowest BCUT2D eigenvalue weighted by Crippen LogP contribution is -2.52. The van der Waals surface area contributed by atoms with E-state index in [-0.39, 0.29) is 18.1 Å². The van der Waals surface area contributed by atoms with E-state index in [1.807, 2.05) is 0 Å². The topological polar surface area (TPSA) is 63.6 Å². The van der Waals surface area contributed by atoms with E-state index < -0.39 is 53.4 Å². The Labute approximate surface area is 141 Å². The number of ketones is 2. The molecule has 0 aromatic rings. The zero-order valence-corrected chi connectivity index (χ0v) is 13.2. The van der Waals surface area contributed by atoms with Crippen LogP contribution >= 0.6 is 0 Å². The summed E-state index contributed by atoms with van der Waals surface area (Å²) >= 11 is 0. The van der Waals surface area contributed by atoms with Crippen LogP contribution in [-0.4, -0.2) is 35.5 Å². The number of carbonyl (C=O) groups excluding carboxylic acids is 2. The van der Waals surface area contributed by atoms with Crippen molar-refractivity contribution in [3.05, 3.63) is 11.6 Å². The Balaban J connectivity index is 1.67. The Bertz CT molecular complexity index is 793. The lowest BCUT2D eigenvalue weighted by atomic mass is 9.47. The van der Waals surface area contributed by atoms with Gasteiger partial charge in [-0.2, -0.15) is 0 Å². The first-order valence-corrected chi connectivity index (χ1v) is 8.52. The van der Waals surface area contributed by atoms with Gasteiger partial charge in [0.25, 0.3) is 0 Å². The minimum atomic E-state index is -2.17. The Morgan fingerprint density at radius 3 is 3.04 bits per heavy atom. The predicted molar refractivity (Wildman–Crippen MR) is 82.6 cm³/mol. The van der Waals surface area contributed by atoms with Gasteiger partial charge >= 0.3 is 0 Å². The maximum atomic E-state index is 12.7. The Morgan fingerprint density at radius 2 is 2.22 bits per heavy atom. The van der Waals surface area contributed by atoms with Crippen molar-refractivity contribution in [3.8, 4) is 0 Å². The molecule has 8 atom stereocenters. The molecule has 1 saturated heterocycles. The summed E-state index contributed by atoms with van der Waals surface area (Å²) in [7, 11) is 0. The molecule has 5 aliphatic rings. The molecule has 0 unspecified atom stereocenters. The van der Waals surface area contributed by atoms with Crippen molar-refractivity contribution in [2.45, 2.75) is 57.6 Å². The molecule has 4 aliphatic carbocycles. The zero-order chi connectivity index (χ0) is 19.6. The van der Waals surface area contributed by atoms with Gasteiger partial charge in [-0.25, -0.2) is 0 Å². The summed E-state index contributed by atoms with van der Waals surface area (Å²) in [6.45, 7) is 2.07. The van der Waals surface area contributed by atoms with Crippen molar-refractivity contribution in [1.29, 1.82) is 0 Å². The summed E-state index contributed by atoms with van der Waals surface area (Å²) in [6.07, 6.45) is -2.90. The molecule has 0 radical (unpaired) electrons. The lowest BCUT2D eigenvalue weighted by Gasteiger charge is -2.55. The van der Waals surface area contributed by atoms with Crippen LogP contribution < -0.4 is 0 Å². The molecular formula is C19H24O4. The summed E-state index contributed by atoms with van der Waals surface area (Å²) in [5.41, 5.74) is -0.752. The molecule has 0 aromatic carbocycles. The Morgan fingerprint density at radius 1 is 1.39 bits per heavy atom. The summed E-state index contributed by atoms with van der Waals surface area (Å²) in [6, 6.07) is 0. The van der Waals surface area contributed by atoms with Crippen LogP contribution in [0.25, 0.3) is 0 Å². The lowest BCUT2D eigenvalue weighted by molar-refractivity contribution is -0.136. The highest BCUT2D eigenvalue weighted by molar-refractivity contribution is 5.92. The van der Waals surface area contributed by atoms with Crippen LogP contribution in [0.4, 0.5) is 0 Å². The van der Waals surface area contributed by atoms with Crippen LogP contribution in [0.3, 0.4) is 0 Å². The van der Waals surface area contributed by atoms with Gasteiger partial charge in [-0.15, -0.1) is 0 Å². The fraction of sp³-hybridized carbons (Fsp3) is 0.789. The van der Waals surface area contributed by atoms with Crippen LogP contribution in [0.5, 0.6) is 0 Å². The van der Waals surface area contributed by atoms with Crippen molar-refractivity contribution < 1.29 is 24.9 Å². The molecule has 23 heavy (non-hydrogen) atoms. The molecule has 5 rings (SSSR count). The van der Waals surface area contributed by atoms with Crippen molar-refractivity contribution >= 4 is 11.6 Å². The minimum absolute atomic E-state index is 0.0614. The SMILES string of the molecule is [2H][C@H]1C[C@@]23CO[C@H](C2=CC1=O)C([2H])([2H])[C@@H]1[C@@H]3CC[C@]2(C)C(=O)[C@]([2H])(O)C[C@@H]12. The average molecular weight is 320 g/mol. The van der Waals surface area contributed by atoms with Crippen molar-refractivity contribution in [2.24, 2.45) is 28.6 Å². The number of fused-ring (bicyclic) bond motifs is 3. The van der Waals surface area contributed by atoms with Gasteiger partial charge < -0.3 is 9.84 Å². The monoisotopic (exact) mass is 320 g/mol. The third kappa shape index (κ3) is 1.59. The van der Waals surface area contributed by atoms with E-state index in [0.29, 0.717) is 31.4 Å². The fourth-order valence-electron chi connectivity index (χ4n) is 5.96. The second-order valence-electron chi connectivity index (χ2n) is 8.10. The van der Waals surface area contributed by atoms with Gasteiger partial charge in [0.1, 0.15) is 6.08 Å². The number of hydrogen-bond acceptors (Lipinski definition) is 4. The number of ether oxygens (including phenoxy) is 1. The van der Waals surface area contributed by atoms with Gasteiger partial charge in [-0.1, -0.05) is 6.92 Å². The van der Waals surface area contributed by atoms with Crippen LogP contribution in [0.2, 0.25) is 0 Å². The van der Waals surface area contributed by atoms with E-state index in [2.05, 4.69) is 0 Å². The Hall–Kier alpha value is -1.00. The highest BCUT2D eigenvalue weighted by atomic mass is 16.5. The molecule has 1 heterocycles. The van der Waals surface area contributed by atoms with Gasteiger partial charge in [0.05, 0.1) is 14.1 Å². The number of hydrogen-bond donors (Lipinski definition) is 1. The highest BCUT2D eigenvalue weighted by Crippen LogP contribution is 2.66. The second kappa shape index (κ2) is 4.34. The maximum absolute atomic E-state index is 12.7. The van der Waals surface area contributed by atoms with E-state index in [0.717, 1.165) is 0 Å². The van der Waals surface area contributed by atoms with Crippen molar-refractivity contribution in [2.75, 3.05) is 6.61 Å². The molecule has 2 bridgehead atoms. The first-order chi connectivity index (χ1) is 12.4. The van der Waals surface area contributed by atoms with E-state index in [4.69, 9.17) is 10.2 Å². The van der Waals surface area contributed by atoms with Gasteiger partial charge in [-0.05, 0) is 61.5 Å². The van der Waals surface area contributed by atoms with E-state index >= 15 is 0 Å². The van der Waals surface area contributed by atoms with Crippen LogP contribution in [-0.2, 0) is 14.3 Å². The smallest absolute Gasteiger partial charge is 0.167 e. The standard InChI is InChI=1S/C19H24O4/c1-18-4-3-12-11(13(18)8-15(21)17(18)22)7-16-14-6-10(20)2-5-19(12,14)9-23-16/h6,11-13,15-16,21H,2-5,7-9H2,1H3/t11-,12+,13+,15-,16+,18+,19+/m1/s1/i2D,7D2,15D/t2-,11+,12-,13-,15+,16-,18-,19-/m0. The molecule has 1 N–H and O–H groups in total. The summed E-state index contributed by atoms with van der Waals surface area (Å²) < 4.78 is 39.9. The van der Waals surface area contributed by atoms with Gasteiger partial charge in [-0.3, -0.25) is 9.59 Å². The quantitative estimate of drug-likeness (QED) is 0.742. The van der Waals surface area contributed by atoms with Crippen LogP contribution in [0.1, 0.15) is 50.9 Å². The first kappa shape index (κ1) is 10.8. The van der Waals surface area contributed by atoms with Crippen molar-refractivity contribution in [1.82, 2.24) is 0 Å². The number of carbonyl (C=O) groups is 2. The van der Waals surface area contributed by atoms with E-state index in [1.165, 1.54) is 6.08 Å². The summed E-state index contributed by atoms with van der Waals surface area (Å²) in [5.74, 6) is -1.92. The van der Waals surface area contributed by atoms with Gasteiger partial charge in [0.15, 0.2) is 11.6 Å². The third-order valence-electron chi connectivity index (χ3n) is 7.24. The first-order valence-electron chi connectivity index (χ1n) is 10.6. The number of rotatable bonds is 0. The molecule has 4 nitrogen and oxygen atoms in total. The largest absolute Gasteiger partial charge is 0.385 e. The van der Waals surface area contributed by atoms with Gasteiger partial charge in [0, 0.05) is 21.3 Å². The molecule has 0 amide bonds. The van der Waals surface area contributed by atoms with Crippen molar-refractivity contribution in [3.63, 3.8) is 0 Å². The average Bonchev–Trinajstić information content (AvgIpc) is 2.99. The number of Topliss-reactive ketones (excluding diaryl/α,β-unsaturated/α-hetero) is 1. The fourth-order valence-corrected chi connectivity index (χ4v) is 5.96. The molecule has 0 aromatic heterocycles. The minimum Gasteiger partial charge on any atom is -0.385 e. The number of aliphatic hydroxyl groups is 1. The molecule has 1 aliphatic heterocycles. The van der Waals surface area contributed by atoms with Crippen LogP contribution in [0, 0.1) is 28.6 Å². The third-order valence-corrected chi connectivity index (χ3v) is 7.24. The molecular weight excluding hydrogens is 292 g/mol. The van der Waals surface area contributed by atoms with Gasteiger partial charge in [0.2, 0.25) is 0 Å². The van der Waals surface area contributed by atoms with Crippen LogP contribution in [0.15, 0.2) is 11.6 Å². The van der Waals surface area contributed by atoms with E-state index in [9.17, 15) is 14.7 Å².